The lowest BCUT2D eigenvalue weighted by Crippen LogP contribution is -2.30. The molecule has 1 atom stereocenters. The minimum atomic E-state index is -4.76. The largest absolute Gasteiger partial charge is 0.433 e. The number of carbonyl (C=O) groups excluding carboxylic acids is 1. The Hall–Kier alpha value is -2.79. The van der Waals surface area contributed by atoms with Gasteiger partial charge in [0.15, 0.2) is 5.82 Å². The molecule has 0 aliphatic carbocycles. The lowest BCUT2D eigenvalue weighted by molar-refractivity contribution is -0.141. The van der Waals surface area contributed by atoms with Gasteiger partial charge in [-0.1, -0.05) is 17.7 Å². The molecule has 13 heteroatoms. The fourth-order valence-electron chi connectivity index (χ4n) is 2.15. The van der Waals surface area contributed by atoms with Crippen LogP contribution in [0.3, 0.4) is 0 Å². The highest BCUT2D eigenvalue weighted by Gasteiger charge is 2.34. The number of allylic oxidation sites excluding steroid dienone is 1. The minimum absolute atomic E-state index is 0.0323. The fraction of sp³-hybridized carbons (Fsp3) is 0.250. The second kappa shape index (κ2) is 9.14. The van der Waals surface area contributed by atoms with Gasteiger partial charge in [-0.25, -0.2) is 15.0 Å². The molecule has 2 aromatic heterocycles. The molecule has 0 fully saturated rings. The molecule has 8 nitrogen and oxygen atoms in total. The third kappa shape index (κ3) is 5.61. The molecule has 0 aromatic carbocycles. The van der Waals surface area contributed by atoms with Gasteiger partial charge >= 0.3 is 6.18 Å². The highest BCUT2D eigenvalue weighted by atomic mass is 35.5. The Bertz CT molecular complexity index is 985. The molecule has 1 amide bonds. The number of alkyl halides is 3. The Labute approximate surface area is 173 Å². The maximum Gasteiger partial charge on any atom is 0.433 e. The van der Waals surface area contributed by atoms with Crippen molar-refractivity contribution >= 4 is 41.8 Å². The number of halogens is 5. The maximum atomic E-state index is 12.9. The van der Waals surface area contributed by atoms with E-state index < -0.39 is 29.0 Å². The van der Waals surface area contributed by atoms with E-state index in [9.17, 15) is 18.0 Å². The van der Waals surface area contributed by atoms with E-state index in [1.165, 1.54) is 13.1 Å². The predicted molar refractivity (Wildman–Crippen MR) is 102 cm³/mol. The molecule has 2 heterocycles. The SMILES string of the molecule is C=NC(=N/C=C\C)n1nc(Cl)nc1C(C)NC(=O)c1cc(Cl)nc(C(F)(F)F)c1. The van der Waals surface area contributed by atoms with E-state index in [-0.39, 0.29) is 22.6 Å². The number of carbonyl (C=O) groups is 1. The van der Waals surface area contributed by atoms with Crippen LogP contribution in [0.1, 0.15) is 41.8 Å². The van der Waals surface area contributed by atoms with Crippen LogP contribution in [0.15, 0.2) is 34.4 Å². The van der Waals surface area contributed by atoms with Crippen molar-refractivity contribution in [3.8, 4) is 0 Å². The highest BCUT2D eigenvalue weighted by molar-refractivity contribution is 6.29. The molecule has 0 aliphatic rings. The van der Waals surface area contributed by atoms with Crippen molar-refractivity contribution in [1.29, 1.82) is 0 Å². The van der Waals surface area contributed by atoms with Crippen LogP contribution in [0, 0.1) is 0 Å². The molecular weight excluding hydrogens is 434 g/mol. The van der Waals surface area contributed by atoms with Gasteiger partial charge in [-0.2, -0.15) is 22.8 Å². The van der Waals surface area contributed by atoms with Crippen LogP contribution in [0.4, 0.5) is 13.2 Å². The molecule has 154 valence electrons. The summed E-state index contributed by atoms with van der Waals surface area (Å²) in [4.78, 5) is 27.4. The molecule has 2 rings (SSSR count). The molecular formula is C16H14Cl2F3N7O. The van der Waals surface area contributed by atoms with Gasteiger partial charge in [0.25, 0.3) is 11.9 Å². The van der Waals surface area contributed by atoms with E-state index in [0.717, 1.165) is 10.7 Å². The van der Waals surface area contributed by atoms with Crippen LogP contribution in [0.25, 0.3) is 0 Å². The first kappa shape index (κ1) is 22.5. The lowest BCUT2D eigenvalue weighted by atomic mass is 10.2. The number of amides is 1. The van der Waals surface area contributed by atoms with E-state index in [1.54, 1.807) is 13.0 Å². The van der Waals surface area contributed by atoms with Crippen LogP contribution < -0.4 is 5.32 Å². The van der Waals surface area contributed by atoms with E-state index in [0.29, 0.717) is 6.07 Å². The summed E-state index contributed by atoms with van der Waals surface area (Å²) in [5.74, 6) is -0.670. The van der Waals surface area contributed by atoms with E-state index in [1.807, 2.05) is 0 Å². The minimum Gasteiger partial charge on any atom is -0.342 e. The summed E-state index contributed by atoms with van der Waals surface area (Å²) in [6.45, 7) is 6.65. The maximum absolute atomic E-state index is 12.9. The Kier molecular flexibility index (Phi) is 7.09. The Balaban J connectivity index is 2.34. The smallest absolute Gasteiger partial charge is 0.342 e. The standard InChI is InChI=1S/C16H14Cl2F3N7O/c1-4-5-23-15(22-3)28-12(26-14(18)27-28)8(2)24-13(29)9-6-10(16(19,20)21)25-11(17)7-9/h4-8H,3H2,1-2H3,(H,24,29)/b5-4-,23-15?. The predicted octanol–water partition coefficient (Wildman–Crippen LogP) is 3.93. The van der Waals surface area contributed by atoms with Crippen molar-refractivity contribution in [2.45, 2.75) is 26.1 Å². The first-order valence-corrected chi connectivity index (χ1v) is 8.66. The van der Waals surface area contributed by atoms with E-state index in [2.05, 4.69) is 37.1 Å². The van der Waals surface area contributed by atoms with E-state index in [4.69, 9.17) is 23.2 Å². The Morgan fingerprint density at radius 3 is 2.62 bits per heavy atom. The molecule has 0 saturated carbocycles. The summed E-state index contributed by atoms with van der Waals surface area (Å²) in [6, 6.07) is 0.776. The van der Waals surface area contributed by atoms with Crippen molar-refractivity contribution in [2.75, 3.05) is 0 Å². The lowest BCUT2D eigenvalue weighted by Gasteiger charge is -2.15. The quantitative estimate of drug-likeness (QED) is 0.436. The van der Waals surface area contributed by atoms with Crippen molar-refractivity contribution in [2.24, 2.45) is 9.98 Å². The van der Waals surface area contributed by atoms with E-state index >= 15 is 0 Å². The topological polar surface area (TPSA) is 97.4 Å². The number of aromatic nitrogens is 4. The summed E-state index contributed by atoms with van der Waals surface area (Å²) in [6.07, 6.45) is -1.68. The highest BCUT2D eigenvalue weighted by Crippen LogP contribution is 2.29. The van der Waals surface area contributed by atoms with Gasteiger partial charge in [-0.05, 0) is 44.3 Å². The van der Waals surface area contributed by atoms with Gasteiger partial charge in [0, 0.05) is 11.8 Å². The van der Waals surface area contributed by atoms with Gasteiger partial charge in [-0.15, -0.1) is 5.10 Å². The van der Waals surface area contributed by atoms with Crippen molar-refractivity contribution < 1.29 is 18.0 Å². The first-order valence-electron chi connectivity index (χ1n) is 7.91. The van der Waals surface area contributed by atoms with Crippen LogP contribution in [-0.2, 0) is 6.18 Å². The Morgan fingerprint density at radius 1 is 1.34 bits per heavy atom. The van der Waals surface area contributed by atoms with Crippen LogP contribution >= 0.6 is 23.2 Å². The molecule has 29 heavy (non-hydrogen) atoms. The van der Waals surface area contributed by atoms with Crippen molar-refractivity contribution in [3.05, 3.63) is 51.9 Å². The van der Waals surface area contributed by atoms with Gasteiger partial charge in [-0.3, -0.25) is 4.79 Å². The average molecular weight is 448 g/mol. The first-order chi connectivity index (χ1) is 13.6. The average Bonchev–Trinajstić information content (AvgIpc) is 3.03. The molecule has 0 radical (unpaired) electrons. The van der Waals surface area contributed by atoms with Gasteiger partial charge in [0.05, 0.1) is 6.04 Å². The third-order valence-corrected chi connectivity index (χ3v) is 3.71. The number of aliphatic imine (C=N–C) groups is 2. The third-order valence-electron chi connectivity index (χ3n) is 3.36. The summed E-state index contributed by atoms with van der Waals surface area (Å²) >= 11 is 11.5. The molecule has 1 N–H and O–H groups in total. The second-order valence-corrected chi connectivity index (χ2v) is 6.20. The summed E-state index contributed by atoms with van der Waals surface area (Å²) < 4.78 is 39.9. The zero-order chi connectivity index (χ0) is 21.8. The van der Waals surface area contributed by atoms with Crippen molar-refractivity contribution in [1.82, 2.24) is 25.1 Å². The molecule has 1 unspecified atom stereocenters. The summed E-state index contributed by atoms with van der Waals surface area (Å²) in [5, 5.41) is 5.81. The number of nitrogens with one attached hydrogen (secondary N) is 1. The molecule has 0 saturated heterocycles. The molecule has 0 spiro atoms. The van der Waals surface area contributed by atoms with Gasteiger partial charge in [0.1, 0.15) is 10.8 Å². The van der Waals surface area contributed by atoms with Gasteiger partial charge in [0.2, 0.25) is 5.28 Å². The summed E-state index contributed by atoms with van der Waals surface area (Å²) in [5.41, 5.74) is -1.61. The number of hydrogen-bond donors (Lipinski definition) is 1. The molecule has 0 bridgehead atoms. The summed E-state index contributed by atoms with van der Waals surface area (Å²) in [7, 11) is 0. The Morgan fingerprint density at radius 2 is 2.03 bits per heavy atom. The number of rotatable bonds is 4. The van der Waals surface area contributed by atoms with Crippen LogP contribution in [0.5, 0.6) is 0 Å². The normalized spacial score (nSPS) is 13.6. The zero-order valence-corrected chi connectivity index (χ0v) is 16.6. The zero-order valence-electron chi connectivity index (χ0n) is 15.1. The second-order valence-electron chi connectivity index (χ2n) is 5.48. The molecule has 0 aliphatic heterocycles. The fourth-order valence-corrected chi connectivity index (χ4v) is 2.52. The van der Waals surface area contributed by atoms with Crippen molar-refractivity contribution in [3.63, 3.8) is 0 Å². The molecule has 2 aromatic rings. The monoisotopic (exact) mass is 447 g/mol. The number of nitrogens with zero attached hydrogens (tertiary/aromatic N) is 6. The van der Waals surface area contributed by atoms with Gasteiger partial charge < -0.3 is 5.32 Å². The van der Waals surface area contributed by atoms with Crippen LogP contribution in [0.2, 0.25) is 10.4 Å². The number of pyridine rings is 1. The number of hydrogen-bond acceptors (Lipinski definition) is 5. The van der Waals surface area contributed by atoms with Crippen LogP contribution in [-0.4, -0.2) is 38.3 Å².